The molecular formula is C15H13Br2NO. The van der Waals surface area contributed by atoms with E-state index in [1.54, 1.807) is 0 Å². The van der Waals surface area contributed by atoms with E-state index >= 15 is 0 Å². The van der Waals surface area contributed by atoms with Crippen LogP contribution in [0.1, 0.15) is 18.6 Å². The lowest BCUT2D eigenvalue weighted by molar-refractivity contribution is 0.177. The van der Waals surface area contributed by atoms with Crippen LogP contribution in [-0.2, 0) is 0 Å². The SMILES string of the molecule is CC1Nc2cc(Br)ccc2OC1c1cccc(Br)c1. The summed E-state index contributed by atoms with van der Waals surface area (Å²) in [7, 11) is 0. The number of ether oxygens (including phenoxy) is 1. The second-order valence-electron chi connectivity index (χ2n) is 4.67. The molecule has 2 aromatic rings. The number of rotatable bonds is 1. The molecule has 0 aromatic heterocycles. The number of anilines is 1. The molecule has 3 rings (SSSR count). The van der Waals surface area contributed by atoms with E-state index in [9.17, 15) is 0 Å². The van der Waals surface area contributed by atoms with Gasteiger partial charge in [0.05, 0.1) is 11.7 Å². The van der Waals surface area contributed by atoms with Gasteiger partial charge in [-0.3, -0.25) is 0 Å². The van der Waals surface area contributed by atoms with E-state index in [4.69, 9.17) is 4.74 Å². The maximum atomic E-state index is 6.14. The van der Waals surface area contributed by atoms with Gasteiger partial charge in [-0.05, 0) is 42.8 Å². The Hall–Kier alpha value is -1.00. The summed E-state index contributed by atoms with van der Waals surface area (Å²) in [4.78, 5) is 0. The molecule has 0 aliphatic carbocycles. The highest BCUT2D eigenvalue weighted by atomic mass is 79.9. The summed E-state index contributed by atoms with van der Waals surface area (Å²) in [6.45, 7) is 2.13. The molecule has 0 saturated heterocycles. The van der Waals surface area contributed by atoms with Gasteiger partial charge >= 0.3 is 0 Å². The molecule has 19 heavy (non-hydrogen) atoms. The zero-order valence-corrected chi connectivity index (χ0v) is 13.5. The highest BCUT2D eigenvalue weighted by Crippen LogP contribution is 2.39. The van der Waals surface area contributed by atoms with Crippen LogP contribution in [0, 0.1) is 0 Å². The topological polar surface area (TPSA) is 21.3 Å². The first kappa shape index (κ1) is 13.0. The lowest BCUT2D eigenvalue weighted by Gasteiger charge is -2.33. The first-order valence-electron chi connectivity index (χ1n) is 6.12. The van der Waals surface area contributed by atoms with E-state index < -0.39 is 0 Å². The van der Waals surface area contributed by atoms with Crippen LogP contribution in [0.5, 0.6) is 5.75 Å². The normalized spacial score (nSPS) is 21.2. The third-order valence-corrected chi connectivity index (χ3v) is 4.20. The molecule has 1 aliphatic heterocycles. The van der Waals surface area contributed by atoms with Gasteiger partial charge in [-0.1, -0.05) is 44.0 Å². The Morgan fingerprint density at radius 1 is 1.05 bits per heavy atom. The van der Waals surface area contributed by atoms with Gasteiger partial charge in [0.2, 0.25) is 0 Å². The van der Waals surface area contributed by atoms with E-state index in [-0.39, 0.29) is 12.1 Å². The number of hydrogen-bond acceptors (Lipinski definition) is 2. The molecule has 1 N–H and O–H groups in total. The lowest BCUT2D eigenvalue weighted by atomic mass is 10.0. The summed E-state index contributed by atoms with van der Waals surface area (Å²) in [6, 6.07) is 14.5. The largest absolute Gasteiger partial charge is 0.481 e. The fourth-order valence-electron chi connectivity index (χ4n) is 2.32. The monoisotopic (exact) mass is 381 g/mol. The Morgan fingerprint density at radius 2 is 1.84 bits per heavy atom. The highest BCUT2D eigenvalue weighted by Gasteiger charge is 2.27. The van der Waals surface area contributed by atoms with Crippen molar-refractivity contribution < 1.29 is 4.74 Å². The van der Waals surface area contributed by atoms with Crippen molar-refractivity contribution in [2.75, 3.05) is 5.32 Å². The van der Waals surface area contributed by atoms with Gasteiger partial charge in [0, 0.05) is 8.95 Å². The van der Waals surface area contributed by atoms with Gasteiger partial charge < -0.3 is 10.1 Å². The predicted molar refractivity (Wildman–Crippen MR) is 84.7 cm³/mol. The van der Waals surface area contributed by atoms with Crippen LogP contribution in [0.15, 0.2) is 51.4 Å². The van der Waals surface area contributed by atoms with Crippen LogP contribution in [0.3, 0.4) is 0 Å². The molecule has 98 valence electrons. The molecule has 4 heteroatoms. The van der Waals surface area contributed by atoms with Crippen molar-refractivity contribution in [1.82, 2.24) is 0 Å². The molecule has 2 aromatic carbocycles. The number of nitrogens with one attached hydrogen (secondary N) is 1. The van der Waals surface area contributed by atoms with Crippen LogP contribution < -0.4 is 10.1 Å². The second kappa shape index (κ2) is 5.17. The average molecular weight is 383 g/mol. The van der Waals surface area contributed by atoms with Gasteiger partial charge in [0.15, 0.2) is 0 Å². The molecular weight excluding hydrogens is 370 g/mol. The maximum absolute atomic E-state index is 6.14. The van der Waals surface area contributed by atoms with Gasteiger partial charge in [-0.25, -0.2) is 0 Å². The number of halogens is 2. The fourth-order valence-corrected chi connectivity index (χ4v) is 3.10. The van der Waals surface area contributed by atoms with Crippen LogP contribution in [0.25, 0.3) is 0 Å². The molecule has 0 amide bonds. The van der Waals surface area contributed by atoms with Crippen molar-refractivity contribution in [1.29, 1.82) is 0 Å². The van der Waals surface area contributed by atoms with Crippen molar-refractivity contribution >= 4 is 37.5 Å². The van der Waals surface area contributed by atoms with E-state index in [1.807, 2.05) is 30.3 Å². The number of hydrogen-bond donors (Lipinski definition) is 1. The molecule has 2 unspecified atom stereocenters. The molecule has 0 fully saturated rings. The van der Waals surface area contributed by atoms with Crippen LogP contribution in [-0.4, -0.2) is 6.04 Å². The summed E-state index contributed by atoms with van der Waals surface area (Å²) < 4.78 is 8.26. The lowest BCUT2D eigenvalue weighted by Crippen LogP contribution is -2.32. The summed E-state index contributed by atoms with van der Waals surface area (Å²) in [5, 5.41) is 3.50. The number of fused-ring (bicyclic) bond motifs is 1. The van der Waals surface area contributed by atoms with E-state index in [1.165, 1.54) is 5.56 Å². The second-order valence-corrected chi connectivity index (χ2v) is 6.50. The Kier molecular flexibility index (Phi) is 3.54. The average Bonchev–Trinajstić information content (AvgIpc) is 2.37. The first-order valence-corrected chi connectivity index (χ1v) is 7.70. The summed E-state index contributed by atoms with van der Waals surface area (Å²) in [5.41, 5.74) is 2.20. The minimum Gasteiger partial charge on any atom is -0.481 e. The van der Waals surface area contributed by atoms with Gasteiger partial charge in [-0.2, -0.15) is 0 Å². The fraction of sp³-hybridized carbons (Fsp3) is 0.200. The predicted octanol–water partition coefficient (Wildman–Crippen LogP) is 5.15. The first-order chi connectivity index (χ1) is 9.13. The molecule has 1 heterocycles. The Balaban J connectivity index is 1.95. The smallest absolute Gasteiger partial charge is 0.144 e. The van der Waals surface area contributed by atoms with Gasteiger partial charge in [0.1, 0.15) is 11.9 Å². The van der Waals surface area contributed by atoms with E-state index in [0.29, 0.717) is 0 Å². The van der Waals surface area contributed by atoms with Crippen molar-refractivity contribution in [2.45, 2.75) is 19.1 Å². The summed E-state index contributed by atoms with van der Waals surface area (Å²) in [5.74, 6) is 0.895. The minimum atomic E-state index is 0.0196. The Labute approximate surface area is 129 Å². The van der Waals surface area contributed by atoms with Crippen LogP contribution in [0.4, 0.5) is 5.69 Å². The van der Waals surface area contributed by atoms with Crippen LogP contribution in [0.2, 0.25) is 0 Å². The van der Waals surface area contributed by atoms with E-state index in [0.717, 1.165) is 20.4 Å². The standard InChI is InChI=1S/C15H13Br2NO/c1-9-15(10-3-2-4-11(16)7-10)19-14-6-5-12(17)8-13(14)18-9/h2-9,15,18H,1H3. The molecule has 0 bridgehead atoms. The summed E-state index contributed by atoms with van der Waals surface area (Å²) in [6.07, 6.45) is 0.0196. The zero-order chi connectivity index (χ0) is 13.4. The molecule has 0 spiro atoms. The van der Waals surface area contributed by atoms with Gasteiger partial charge in [0.25, 0.3) is 0 Å². The minimum absolute atomic E-state index is 0.0196. The summed E-state index contributed by atoms with van der Waals surface area (Å²) >= 11 is 6.99. The quantitative estimate of drug-likeness (QED) is 0.736. The van der Waals surface area contributed by atoms with Crippen LogP contribution >= 0.6 is 31.9 Å². The number of benzene rings is 2. The van der Waals surface area contributed by atoms with Gasteiger partial charge in [-0.15, -0.1) is 0 Å². The third-order valence-electron chi connectivity index (χ3n) is 3.21. The van der Waals surface area contributed by atoms with E-state index in [2.05, 4.69) is 56.2 Å². The molecule has 0 radical (unpaired) electrons. The maximum Gasteiger partial charge on any atom is 0.144 e. The molecule has 0 saturated carbocycles. The Morgan fingerprint density at radius 3 is 2.63 bits per heavy atom. The Bertz CT molecular complexity index is 615. The van der Waals surface area contributed by atoms with Crippen molar-refractivity contribution in [3.8, 4) is 5.75 Å². The zero-order valence-electron chi connectivity index (χ0n) is 10.4. The molecule has 1 aliphatic rings. The van der Waals surface area contributed by atoms with Crippen molar-refractivity contribution in [2.24, 2.45) is 0 Å². The highest BCUT2D eigenvalue weighted by molar-refractivity contribution is 9.10. The van der Waals surface area contributed by atoms with Crippen molar-refractivity contribution in [3.63, 3.8) is 0 Å². The molecule has 2 atom stereocenters. The molecule has 2 nitrogen and oxygen atoms in total. The van der Waals surface area contributed by atoms with Crippen molar-refractivity contribution in [3.05, 3.63) is 57.0 Å². The third kappa shape index (κ3) is 2.65.